The predicted octanol–water partition coefficient (Wildman–Crippen LogP) is 5.12. The molecule has 0 aliphatic rings. The molecule has 0 aliphatic carbocycles. The van der Waals surface area contributed by atoms with Gasteiger partial charge in [-0.05, 0) is 49.7 Å². The van der Waals surface area contributed by atoms with Gasteiger partial charge in [-0.3, -0.25) is 0 Å². The normalized spacial score (nSPS) is 12.2. The van der Waals surface area contributed by atoms with Crippen LogP contribution in [0.1, 0.15) is 24.4 Å². The fourth-order valence-corrected chi connectivity index (χ4v) is 2.38. The van der Waals surface area contributed by atoms with E-state index in [2.05, 4.69) is 31.4 Å². The van der Waals surface area contributed by atoms with E-state index in [0.717, 1.165) is 10.2 Å². The van der Waals surface area contributed by atoms with E-state index >= 15 is 0 Å². The van der Waals surface area contributed by atoms with Crippen molar-refractivity contribution in [1.82, 2.24) is 10.1 Å². The Hall–Kier alpha value is -2.21. The number of anilines is 1. The summed E-state index contributed by atoms with van der Waals surface area (Å²) in [7, 11) is 0. The zero-order valence-corrected chi connectivity index (χ0v) is 14.3. The average molecular weight is 376 g/mol. The number of benzene rings is 2. The van der Waals surface area contributed by atoms with Crippen LogP contribution < -0.4 is 5.32 Å². The summed E-state index contributed by atoms with van der Waals surface area (Å²) in [5.41, 5.74) is 2.13. The van der Waals surface area contributed by atoms with Gasteiger partial charge in [-0.1, -0.05) is 33.2 Å². The Morgan fingerprint density at radius 2 is 1.91 bits per heavy atom. The van der Waals surface area contributed by atoms with E-state index in [1.165, 1.54) is 6.07 Å². The molecule has 1 heterocycles. The molecular weight excluding hydrogens is 361 g/mol. The number of rotatable bonds is 4. The Morgan fingerprint density at radius 3 is 2.61 bits per heavy atom. The summed E-state index contributed by atoms with van der Waals surface area (Å²) in [5.74, 6) is 0.544. The molecule has 6 heteroatoms. The third-order valence-electron chi connectivity index (χ3n) is 3.47. The van der Waals surface area contributed by atoms with Crippen molar-refractivity contribution in [1.29, 1.82) is 0 Å². The summed E-state index contributed by atoms with van der Waals surface area (Å²) in [6.07, 6.45) is 0. The molecule has 1 unspecified atom stereocenters. The lowest BCUT2D eigenvalue weighted by Gasteiger charge is -2.10. The maximum absolute atomic E-state index is 13.6. The molecule has 1 aromatic heterocycles. The highest BCUT2D eigenvalue weighted by Crippen LogP contribution is 2.23. The molecule has 0 fully saturated rings. The molecule has 0 saturated heterocycles. The first-order valence-corrected chi connectivity index (χ1v) is 7.94. The molecule has 0 amide bonds. The highest BCUT2D eigenvalue weighted by molar-refractivity contribution is 9.10. The lowest BCUT2D eigenvalue weighted by molar-refractivity contribution is 0.368. The second-order valence-electron chi connectivity index (χ2n) is 5.29. The third-order valence-corrected chi connectivity index (χ3v) is 4.00. The third kappa shape index (κ3) is 3.59. The summed E-state index contributed by atoms with van der Waals surface area (Å²) in [6, 6.07) is 12.5. The maximum Gasteiger partial charge on any atom is 0.249 e. The van der Waals surface area contributed by atoms with E-state index < -0.39 is 0 Å². The van der Waals surface area contributed by atoms with E-state index in [-0.39, 0.29) is 11.9 Å². The molecule has 0 saturated carbocycles. The van der Waals surface area contributed by atoms with Crippen LogP contribution in [0, 0.1) is 12.7 Å². The molecule has 0 aliphatic heterocycles. The lowest BCUT2D eigenvalue weighted by Crippen LogP contribution is -2.06. The van der Waals surface area contributed by atoms with E-state index in [0.29, 0.717) is 22.8 Å². The summed E-state index contributed by atoms with van der Waals surface area (Å²) < 4.78 is 20.0. The van der Waals surface area contributed by atoms with Crippen LogP contribution in [0.4, 0.5) is 10.1 Å². The number of hydrogen-bond donors (Lipinski definition) is 1. The van der Waals surface area contributed by atoms with Gasteiger partial charge < -0.3 is 9.84 Å². The van der Waals surface area contributed by atoms with Crippen LogP contribution in [0.5, 0.6) is 0 Å². The van der Waals surface area contributed by atoms with Crippen LogP contribution in [0.3, 0.4) is 0 Å². The van der Waals surface area contributed by atoms with Crippen molar-refractivity contribution in [3.63, 3.8) is 0 Å². The predicted molar refractivity (Wildman–Crippen MR) is 90.6 cm³/mol. The van der Waals surface area contributed by atoms with Crippen LogP contribution in [0.25, 0.3) is 11.4 Å². The van der Waals surface area contributed by atoms with Crippen LogP contribution in [0.2, 0.25) is 0 Å². The molecule has 4 nitrogen and oxygen atoms in total. The van der Waals surface area contributed by atoms with Gasteiger partial charge in [-0.2, -0.15) is 4.98 Å². The minimum Gasteiger partial charge on any atom is -0.374 e. The molecule has 0 radical (unpaired) electrons. The Labute approximate surface area is 141 Å². The summed E-state index contributed by atoms with van der Waals surface area (Å²) in [6.45, 7) is 3.64. The quantitative estimate of drug-likeness (QED) is 0.687. The standard InChI is InChI=1S/C17H15BrFN3O/c1-10-3-4-12(9-15(10)19)16-21-17(23-22-16)11(2)20-14-7-5-13(18)6-8-14/h3-9,11,20H,1-2H3. The minimum atomic E-state index is -0.283. The van der Waals surface area contributed by atoms with Gasteiger partial charge in [0.1, 0.15) is 11.9 Å². The topological polar surface area (TPSA) is 51.0 Å². The summed E-state index contributed by atoms with van der Waals surface area (Å²) in [5, 5.41) is 7.21. The van der Waals surface area contributed by atoms with Crippen molar-refractivity contribution in [3.8, 4) is 11.4 Å². The van der Waals surface area contributed by atoms with Crippen molar-refractivity contribution < 1.29 is 8.91 Å². The van der Waals surface area contributed by atoms with Gasteiger partial charge in [0.15, 0.2) is 0 Å². The highest BCUT2D eigenvalue weighted by Gasteiger charge is 2.15. The number of halogens is 2. The number of nitrogens with zero attached hydrogens (tertiary/aromatic N) is 2. The van der Waals surface area contributed by atoms with Gasteiger partial charge >= 0.3 is 0 Å². The van der Waals surface area contributed by atoms with E-state index in [9.17, 15) is 4.39 Å². The number of aromatic nitrogens is 2. The summed E-state index contributed by atoms with van der Waals surface area (Å²) >= 11 is 3.40. The van der Waals surface area contributed by atoms with E-state index in [4.69, 9.17) is 4.52 Å². The van der Waals surface area contributed by atoms with Gasteiger partial charge in [-0.25, -0.2) is 4.39 Å². The molecule has 118 valence electrons. The lowest BCUT2D eigenvalue weighted by atomic mass is 10.1. The summed E-state index contributed by atoms with van der Waals surface area (Å²) in [4.78, 5) is 4.35. The average Bonchev–Trinajstić information content (AvgIpc) is 3.02. The smallest absolute Gasteiger partial charge is 0.249 e. The molecule has 3 rings (SSSR count). The first-order valence-electron chi connectivity index (χ1n) is 7.15. The zero-order chi connectivity index (χ0) is 16.4. The second-order valence-corrected chi connectivity index (χ2v) is 6.21. The van der Waals surface area contributed by atoms with Gasteiger partial charge in [0.25, 0.3) is 0 Å². The van der Waals surface area contributed by atoms with Crippen LogP contribution >= 0.6 is 15.9 Å². The number of hydrogen-bond acceptors (Lipinski definition) is 4. The highest BCUT2D eigenvalue weighted by atomic mass is 79.9. The molecule has 0 spiro atoms. The molecule has 1 atom stereocenters. The first-order chi connectivity index (χ1) is 11.0. The zero-order valence-electron chi connectivity index (χ0n) is 12.7. The number of nitrogens with one attached hydrogen (secondary N) is 1. The van der Waals surface area contributed by atoms with Gasteiger partial charge in [0.05, 0.1) is 0 Å². The van der Waals surface area contributed by atoms with E-state index in [1.807, 2.05) is 31.2 Å². The number of aryl methyl sites for hydroxylation is 1. The monoisotopic (exact) mass is 375 g/mol. The second kappa shape index (κ2) is 6.50. The van der Waals surface area contributed by atoms with Crippen molar-refractivity contribution in [2.45, 2.75) is 19.9 Å². The largest absolute Gasteiger partial charge is 0.374 e. The fraction of sp³-hybridized carbons (Fsp3) is 0.176. The molecule has 23 heavy (non-hydrogen) atoms. The Kier molecular flexibility index (Phi) is 4.43. The van der Waals surface area contributed by atoms with Crippen molar-refractivity contribution in [3.05, 3.63) is 64.2 Å². The Morgan fingerprint density at radius 1 is 1.17 bits per heavy atom. The van der Waals surface area contributed by atoms with Crippen molar-refractivity contribution in [2.75, 3.05) is 5.32 Å². The van der Waals surface area contributed by atoms with E-state index in [1.54, 1.807) is 19.1 Å². The van der Waals surface area contributed by atoms with Gasteiger partial charge in [0.2, 0.25) is 11.7 Å². The molecule has 2 aromatic carbocycles. The first kappa shape index (κ1) is 15.7. The van der Waals surface area contributed by atoms with Crippen LogP contribution in [-0.4, -0.2) is 10.1 Å². The SMILES string of the molecule is Cc1ccc(-c2noc(C(C)Nc3ccc(Br)cc3)n2)cc1F. The van der Waals surface area contributed by atoms with Gasteiger partial charge in [0, 0.05) is 15.7 Å². The van der Waals surface area contributed by atoms with Crippen molar-refractivity contribution in [2.24, 2.45) is 0 Å². The van der Waals surface area contributed by atoms with Crippen LogP contribution in [0.15, 0.2) is 51.5 Å². The molecule has 0 bridgehead atoms. The van der Waals surface area contributed by atoms with Gasteiger partial charge in [-0.15, -0.1) is 0 Å². The molecule has 1 N–H and O–H groups in total. The van der Waals surface area contributed by atoms with Crippen LogP contribution in [-0.2, 0) is 0 Å². The Bertz CT molecular complexity index is 817. The Balaban J connectivity index is 1.77. The minimum absolute atomic E-state index is 0.160. The maximum atomic E-state index is 13.6. The molecular formula is C17H15BrFN3O. The van der Waals surface area contributed by atoms with Crippen molar-refractivity contribution >= 4 is 21.6 Å². The fourth-order valence-electron chi connectivity index (χ4n) is 2.12. The molecule has 3 aromatic rings.